The Kier molecular flexibility index (Phi) is 2.79. The summed E-state index contributed by atoms with van der Waals surface area (Å²) in [4.78, 5) is 10.8. The Morgan fingerprint density at radius 1 is 1.35 bits per heavy atom. The quantitative estimate of drug-likeness (QED) is 0.856. The SMILES string of the molecule is CC(C)n1c(CC(=O)O)cc2ccc(O)cc21. The van der Waals surface area contributed by atoms with Gasteiger partial charge in [0.1, 0.15) is 5.75 Å². The first-order chi connectivity index (χ1) is 7.99. The number of nitrogens with zero attached hydrogens (tertiary/aromatic N) is 1. The second-order valence-corrected chi connectivity index (χ2v) is 4.41. The summed E-state index contributed by atoms with van der Waals surface area (Å²) >= 11 is 0. The third-order valence-corrected chi connectivity index (χ3v) is 2.75. The van der Waals surface area contributed by atoms with E-state index < -0.39 is 5.97 Å². The van der Waals surface area contributed by atoms with Crippen LogP contribution in [0.25, 0.3) is 10.9 Å². The number of hydrogen-bond donors (Lipinski definition) is 2. The van der Waals surface area contributed by atoms with Crippen molar-refractivity contribution in [2.24, 2.45) is 0 Å². The van der Waals surface area contributed by atoms with Crippen LogP contribution in [0.4, 0.5) is 0 Å². The molecule has 1 aromatic heterocycles. The van der Waals surface area contributed by atoms with E-state index >= 15 is 0 Å². The fourth-order valence-corrected chi connectivity index (χ4v) is 2.17. The van der Waals surface area contributed by atoms with Crippen molar-refractivity contribution < 1.29 is 15.0 Å². The van der Waals surface area contributed by atoms with Crippen LogP contribution in [0.5, 0.6) is 5.75 Å². The number of carboxylic acids is 1. The monoisotopic (exact) mass is 233 g/mol. The van der Waals surface area contributed by atoms with Gasteiger partial charge in [-0.2, -0.15) is 0 Å². The number of carboxylic acid groups (broad SMARTS) is 1. The van der Waals surface area contributed by atoms with E-state index in [1.54, 1.807) is 18.2 Å². The maximum atomic E-state index is 10.8. The highest BCUT2D eigenvalue weighted by Gasteiger charge is 2.14. The number of rotatable bonds is 3. The van der Waals surface area contributed by atoms with E-state index in [0.29, 0.717) is 0 Å². The third kappa shape index (κ3) is 2.11. The summed E-state index contributed by atoms with van der Waals surface area (Å²) < 4.78 is 1.95. The van der Waals surface area contributed by atoms with E-state index in [1.165, 1.54) is 0 Å². The normalized spacial score (nSPS) is 11.2. The summed E-state index contributed by atoms with van der Waals surface area (Å²) in [7, 11) is 0. The molecule has 1 heterocycles. The van der Waals surface area contributed by atoms with Gasteiger partial charge in [-0.1, -0.05) is 0 Å². The van der Waals surface area contributed by atoms with E-state index in [1.807, 2.05) is 24.5 Å². The Morgan fingerprint density at radius 3 is 2.65 bits per heavy atom. The highest BCUT2D eigenvalue weighted by molar-refractivity contribution is 5.84. The molecule has 2 rings (SSSR count). The lowest BCUT2D eigenvalue weighted by Gasteiger charge is -2.13. The van der Waals surface area contributed by atoms with Gasteiger partial charge < -0.3 is 14.8 Å². The number of carbonyl (C=O) groups is 1. The molecule has 0 aliphatic heterocycles. The van der Waals surface area contributed by atoms with Crippen LogP contribution in [-0.4, -0.2) is 20.7 Å². The summed E-state index contributed by atoms with van der Waals surface area (Å²) in [5, 5.41) is 19.3. The number of fused-ring (bicyclic) bond motifs is 1. The molecular formula is C13H15NO3. The van der Waals surface area contributed by atoms with Crippen molar-refractivity contribution in [3.8, 4) is 5.75 Å². The average molecular weight is 233 g/mol. The number of phenols is 1. The Morgan fingerprint density at radius 2 is 2.06 bits per heavy atom. The molecule has 2 aromatic rings. The van der Waals surface area contributed by atoms with Crippen molar-refractivity contribution >= 4 is 16.9 Å². The summed E-state index contributed by atoms with van der Waals surface area (Å²) in [6.07, 6.45) is -0.00633. The van der Waals surface area contributed by atoms with E-state index in [2.05, 4.69) is 0 Å². The highest BCUT2D eigenvalue weighted by Crippen LogP contribution is 2.27. The van der Waals surface area contributed by atoms with Crippen LogP contribution in [0.15, 0.2) is 24.3 Å². The van der Waals surface area contributed by atoms with Crippen LogP contribution in [0.1, 0.15) is 25.6 Å². The van der Waals surface area contributed by atoms with Gasteiger partial charge in [0.2, 0.25) is 0 Å². The zero-order valence-electron chi connectivity index (χ0n) is 9.84. The Bertz CT molecular complexity index is 569. The molecule has 0 radical (unpaired) electrons. The van der Waals surface area contributed by atoms with Gasteiger partial charge in [-0.3, -0.25) is 4.79 Å². The Balaban J connectivity index is 2.66. The van der Waals surface area contributed by atoms with E-state index in [0.717, 1.165) is 16.6 Å². The van der Waals surface area contributed by atoms with Crippen molar-refractivity contribution in [1.82, 2.24) is 4.57 Å². The van der Waals surface area contributed by atoms with Crippen LogP contribution < -0.4 is 0 Å². The van der Waals surface area contributed by atoms with Gasteiger partial charge in [-0.05, 0) is 32.0 Å². The summed E-state index contributed by atoms with van der Waals surface area (Å²) in [6, 6.07) is 7.10. The largest absolute Gasteiger partial charge is 0.508 e. The molecule has 0 spiro atoms. The summed E-state index contributed by atoms with van der Waals surface area (Å²) in [6.45, 7) is 3.99. The molecule has 0 bridgehead atoms. The van der Waals surface area contributed by atoms with Gasteiger partial charge in [-0.15, -0.1) is 0 Å². The fourth-order valence-electron chi connectivity index (χ4n) is 2.17. The second-order valence-electron chi connectivity index (χ2n) is 4.41. The molecular weight excluding hydrogens is 218 g/mol. The molecule has 4 heteroatoms. The van der Waals surface area contributed by atoms with Crippen molar-refractivity contribution in [1.29, 1.82) is 0 Å². The molecule has 0 saturated carbocycles. The molecule has 90 valence electrons. The van der Waals surface area contributed by atoms with Gasteiger partial charge in [-0.25, -0.2) is 0 Å². The standard InChI is InChI=1S/C13H15NO3/c1-8(2)14-10(6-13(16)17)5-9-3-4-11(15)7-12(9)14/h3-5,7-8,15H,6H2,1-2H3,(H,16,17). The van der Waals surface area contributed by atoms with Gasteiger partial charge >= 0.3 is 5.97 Å². The van der Waals surface area contributed by atoms with Crippen molar-refractivity contribution in [3.05, 3.63) is 30.0 Å². The van der Waals surface area contributed by atoms with Gasteiger partial charge in [0, 0.05) is 23.2 Å². The molecule has 0 aliphatic rings. The molecule has 0 amide bonds. The smallest absolute Gasteiger partial charge is 0.309 e. The Hall–Kier alpha value is -1.97. The van der Waals surface area contributed by atoms with Crippen molar-refractivity contribution in [2.45, 2.75) is 26.3 Å². The van der Waals surface area contributed by atoms with Gasteiger partial charge in [0.05, 0.1) is 11.9 Å². The van der Waals surface area contributed by atoms with E-state index in [-0.39, 0.29) is 18.2 Å². The van der Waals surface area contributed by atoms with E-state index in [4.69, 9.17) is 5.11 Å². The van der Waals surface area contributed by atoms with Crippen LogP contribution in [-0.2, 0) is 11.2 Å². The first-order valence-corrected chi connectivity index (χ1v) is 5.53. The topological polar surface area (TPSA) is 62.5 Å². The lowest BCUT2D eigenvalue weighted by molar-refractivity contribution is -0.136. The van der Waals surface area contributed by atoms with Crippen LogP contribution in [0.2, 0.25) is 0 Å². The molecule has 0 fully saturated rings. The lowest BCUT2D eigenvalue weighted by atomic mass is 10.2. The lowest BCUT2D eigenvalue weighted by Crippen LogP contribution is -2.09. The Labute approximate surface area is 99.1 Å². The minimum Gasteiger partial charge on any atom is -0.508 e. The number of benzene rings is 1. The molecule has 17 heavy (non-hydrogen) atoms. The van der Waals surface area contributed by atoms with Crippen LogP contribution in [0, 0.1) is 0 Å². The molecule has 1 aromatic carbocycles. The van der Waals surface area contributed by atoms with Gasteiger partial charge in [0.25, 0.3) is 0 Å². The number of phenolic OH excluding ortho intramolecular Hbond substituents is 1. The maximum absolute atomic E-state index is 10.8. The van der Waals surface area contributed by atoms with Gasteiger partial charge in [0.15, 0.2) is 0 Å². The molecule has 0 saturated heterocycles. The maximum Gasteiger partial charge on any atom is 0.309 e. The molecule has 2 N–H and O–H groups in total. The zero-order valence-corrected chi connectivity index (χ0v) is 9.84. The first-order valence-electron chi connectivity index (χ1n) is 5.53. The molecule has 4 nitrogen and oxygen atoms in total. The minimum atomic E-state index is -0.848. The van der Waals surface area contributed by atoms with E-state index in [9.17, 15) is 9.90 Å². The molecule has 0 atom stereocenters. The highest BCUT2D eigenvalue weighted by atomic mass is 16.4. The average Bonchev–Trinajstić information content (AvgIpc) is 2.53. The predicted molar refractivity (Wildman–Crippen MR) is 65.3 cm³/mol. The molecule has 0 aliphatic carbocycles. The fraction of sp³-hybridized carbons (Fsp3) is 0.308. The number of hydrogen-bond acceptors (Lipinski definition) is 2. The zero-order chi connectivity index (χ0) is 12.6. The minimum absolute atomic E-state index is 0.00633. The van der Waals surface area contributed by atoms with Crippen LogP contribution >= 0.6 is 0 Å². The third-order valence-electron chi connectivity index (χ3n) is 2.75. The number of aromatic nitrogens is 1. The summed E-state index contributed by atoms with van der Waals surface area (Å²) in [5.74, 6) is -0.654. The van der Waals surface area contributed by atoms with Crippen LogP contribution in [0.3, 0.4) is 0 Å². The second kappa shape index (κ2) is 4.13. The van der Waals surface area contributed by atoms with Crippen molar-refractivity contribution in [3.63, 3.8) is 0 Å². The number of aromatic hydroxyl groups is 1. The first kappa shape index (κ1) is 11.5. The number of aliphatic carboxylic acids is 1. The predicted octanol–water partition coefficient (Wildman–Crippen LogP) is 2.55. The van der Waals surface area contributed by atoms with Crippen molar-refractivity contribution in [2.75, 3.05) is 0 Å². The summed E-state index contributed by atoms with van der Waals surface area (Å²) in [5.41, 5.74) is 1.63. The molecule has 0 unspecified atom stereocenters.